The van der Waals surface area contributed by atoms with E-state index in [0.717, 1.165) is 19.6 Å². The fourth-order valence-corrected chi connectivity index (χ4v) is 2.10. The molecule has 16 heavy (non-hydrogen) atoms. The summed E-state index contributed by atoms with van der Waals surface area (Å²) in [5.41, 5.74) is 0. The van der Waals surface area contributed by atoms with Crippen LogP contribution in [0.15, 0.2) is 0 Å². The van der Waals surface area contributed by atoms with Gasteiger partial charge in [-0.25, -0.2) is 0 Å². The van der Waals surface area contributed by atoms with Crippen molar-refractivity contribution in [2.24, 2.45) is 5.92 Å². The van der Waals surface area contributed by atoms with Crippen LogP contribution in [0, 0.1) is 5.92 Å². The van der Waals surface area contributed by atoms with Gasteiger partial charge in [-0.3, -0.25) is 9.69 Å². The van der Waals surface area contributed by atoms with Crippen molar-refractivity contribution in [1.82, 2.24) is 10.2 Å². The number of hydrogen-bond donors (Lipinski definition) is 1. The first-order valence-electron chi connectivity index (χ1n) is 6.07. The Bertz CT molecular complexity index is 231. The van der Waals surface area contributed by atoms with E-state index in [1.165, 1.54) is 7.11 Å². The predicted octanol–water partition coefficient (Wildman–Crippen LogP) is 0.868. The fourth-order valence-electron chi connectivity index (χ4n) is 2.10. The van der Waals surface area contributed by atoms with Crippen LogP contribution in [0.4, 0.5) is 0 Å². The van der Waals surface area contributed by atoms with Gasteiger partial charge in [0.2, 0.25) is 0 Å². The van der Waals surface area contributed by atoms with Crippen molar-refractivity contribution in [1.29, 1.82) is 0 Å². The molecule has 1 aliphatic heterocycles. The van der Waals surface area contributed by atoms with Gasteiger partial charge in [-0.05, 0) is 26.3 Å². The van der Waals surface area contributed by atoms with Crippen molar-refractivity contribution in [3.8, 4) is 0 Å². The van der Waals surface area contributed by atoms with Gasteiger partial charge in [0, 0.05) is 25.2 Å². The molecule has 0 aromatic rings. The van der Waals surface area contributed by atoms with E-state index in [1.54, 1.807) is 0 Å². The number of rotatable bonds is 3. The normalized spacial score (nSPS) is 27.8. The molecule has 4 heteroatoms. The van der Waals surface area contributed by atoms with Gasteiger partial charge in [0.15, 0.2) is 0 Å². The van der Waals surface area contributed by atoms with Crippen LogP contribution in [-0.4, -0.2) is 49.7 Å². The number of ether oxygens (including phenoxy) is 1. The summed E-state index contributed by atoms with van der Waals surface area (Å²) in [7, 11) is 1.45. The van der Waals surface area contributed by atoms with Crippen molar-refractivity contribution < 1.29 is 9.53 Å². The Kier molecular flexibility index (Phi) is 5.22. The van der Waals surface area contributed by atoms with Crippen LogP contribution >= 0.6 is 0 Å². The molecule has 1 N–H and O–H groups in total. The Hall–Kier alpha value is -0.610. The lowest BCUT2D eigenvalue weighted by Gasteiger charge is -2.28. The molecule has 0 aliphatic carbocycles. The lowest BCUT2D eigenvalue weighted by Crippen LogP contribution is -2.41. The second-order valence-electron chi connectivity index (χ2n) is 5.04. The molecule has 0 spiro atoms. The second kappa shape index (κ2) is 6.21. The molecule has 0 amide bonds. The zero-order valence-corrected chi connectivity index (χ0v) is 10.8. The lowest BCUT2D eigenvalue weighted by atomic mass is 10.1. The molecule has 1 saturated heterocycles. The summed E-state index contributed by atoms with van der Waals surface area (Å²) in [4.78, 5) is 13.7. The first-order valence-corrected chi connectivity index (χ1v) is 6.07. The zero-order valence-electron chi connectivity index (χ0n) is 10.8. The van der Waals surface area contributed by atoms with E-state index >= 15 is 0 Å². The van der Waals surface area contributed by atoms with Crippen LogP contribution in [0.5, 0.6) is 0 Å². The van der Waals surface area contributed by atoms with Gasteiger partial charge >= 0.3 is 5.97 Å². The molecule has 2 unspecified atom stereocenters. The number of nitrogens with one attached hydrogen (secondary N) is 1. The van der Waals surface area contributed by atoms with Gasteiger partial charge in [0.25, 0.3) is 0 Å². The Balaban J connectivity index is 2.54. The molecule has 0 saturated carbocycles. The third kappa shape index (κ3) is 4.10. The molecule has 1 aliphatic rings. The van der Waals surface area contributed by atoms with Gasteiger partial charge in [0.05, 0.1) is 13.5 Å². The van der Waals surface area contributed by atoms with Crippen LogP contribution in [0.2, 0.25) is 0 Å². The number of methoxy groups -OCH3 is 1. The molecule has 1 fully saturated rings. The number of carbonyl (C=O) groups is 1. The number of hydrogen-bond acceptors (Lipinski definition) is 4. The highest BCUT2D eigenvalue weighted by molar-refractivity contribution is 5.69. The van der Waals surface area contributed by atoms with Crippen molar-refractivity contribution in [2.45, 2.75) is 39.3 Å². The fraction of sp³-hybridized carbons (Fsp3) is 0.917. The number of esters is 1. The summed E-state index contributed by atoms with van der Waals surface area (Å²) < 4.78 is 4.72. The average Bonchev–Trinajstić information content (AvgIpc) is 2.41. The molecule has 0 bridgehead atoms. The summed E-state index contributed by atoms with van der Waals surface area (Å²) in [5.74, 6) is 0.501. The monoisotopic (exact) mass is 228 g/mol. The second-order valence-corrected chi connectivity index (χ2v) is 5.04. The molecule has 0 aromatic heterocycles. The van der Waals surface area contributed by atoms with E-state index in [0.29, 0.717) is 18.4 Å². The minimum Gasteiger partial charge on any atom is -0.469 e. The van der Waals surface area contributed by atoms with Gasteiger partial charge in [-0.15, -0.1) is 0 Å². The SMILES string of the molecule is COC(=O)CC1CN(C(C)C)CC(C)CN1. The maximum Gasteiger partial charge on any atom is 0.307 e. The van der Waals surface area contributed by atoms with Crippen LogP contribution in [0.3, 0.4) is 0 Å². The van der Waals surface area contributed by atoms with E-state index in [-0.39, 0.29) is 12.0 Å². The highest BCUT2D eigenvalue weighted by atomic mass is 16.5. The topological polar surface area (TPSA) is 41.6 Å². The van der Waals surface area contributed by atoms with Crippen LogP contribution < -0.4 is 5.32 Å². The molecule has 0 radical (unpaired) electrons. The quantitative estimate of drug-likeness (QED) is 0.728. The van der Waals surface area contributed by atoms with Gasteiger partial charge in [-0.1, -0.05) is 6.92 Å². The lowest BCUT2D eigenvalue weighted by molar-refractivity contribution is -0.141. The zero-order chi connectivity index (χ0) is 12.1. The Labute approximate surface area is 98.3 Å². The third-order valence-corrected chi connectivity index (χ3v) is 3.13. The van der Waals surface area contributed by atoms with Crippen molar-refractivity contribution in [3.05, 3.63) is 0 Å². The number of nitrogens with zero attached hydrogens (tertiary/aromatic N) is 1. The minimum atomic E-state index is -0.129. The first-order chi connectivity index (χ1) is 7.52. The van der Waals surface area contributed by atoms with E-state index in [1.807, 2.05) is 0 Å². The average molecular weight is 228 g/mol. The standard InChI is InChI=1S/C12H24N2O2/c1-9(2)14-7-10(3)6-13-11(8-14)5-12(15)16-4/h9-11,13H,5-8H2,1-4H3. The van der Waals surface area contributed by atoms with Crippen LogP contribution in [0.1, 0.15) is 27.2 Å². The molecular weight excluding hydrogens is 204 g/mol. The molecule has 1 rings (SSSR count). The molecule has 0 aromatic carbocycles. The van der Waals surface area contributed by atoms with Crippen LogP contribution in [0.25, 0.3) is 0 Å². The molecule has 2 atom stereocenters. The van der Waals surface area contributed by atoms with E-state index in [9.17, 15) is 4.79 Å². The molecule has 4 nitrogen and oxygen atoms in total. The summed E-state index contributed by atoms with van der Waals surface area (Å²) in [5, 5.41) is 3.44. The highest BCUT2D eigenvalue weighted by Gasteiger charge is 2.24. The maximum atomic E-state index is 11.3. The van der Waals surface area contributed by atoms with Crippen molar-refractivity contribution >= 4 is 5.97 Å². The first kappa shape index (κ1) is 13.5. The smallest absolute Gasteiger partial charge is 0.307 e. The van der Waals surface area contributed by atoms with Crippen molar-refractivity contribution in [2.75, 3.05) is 26.7 Å². The minimum absolute atomic E-state index is 0.129. The Morgan fingerprint density at radius 1 is 1.50 bits per heavy atom. The van der Waals surface area contributed by atoms with E-state index in [2.05, 4.69) is 31.0 Å². The molecule has 1 heterocycles. The molecular formula is C12H24N2O2. The van der Waals surface area contributed by atoms with Gasteiger partial charge in [0.1, 0.15) is 0 Å². The van der Waals surface area contributed by atoms with E-state index in [4.69, 9.17) is 4.74 Å². The Morgan fingerprint density at radius 3 is 2.75 bits per heavy atom. The van der Waals surface area contributed by atoms with E-state index < -0.39 is 0 Å². The Morgan fingerprint density at radius 2 is 2.19 bits per heavy atom. The highest BCUT2D eigenvalue weighted by Crippen LogP contribution is 2.11. The largest absolute Gasteiger partial charge is 0.469 e. The summed E-state index contributed by atoms with van der Waals surface area (Å²) in [6.07, 6.45) is 0.465. The predicted molar refractivity (Wildman–Crippen MR) is 64.3 cm³/mol. The van der Waals surface area contributed by atoms with Crippen LogP contribution in [-0.2, 0) is 9.53 Å². The summed E-state index contributed by atoms with van der Waals surface area (Å²) >= 11 is 0. The van der Waals surface area contributed by atoms with Gasteiger partial charge < -0.3 is 10.1 Å². The third-order valence-electron chi connectivity index (χ3n) is 3.13. The van der Waals surface area contributed by atoms with Crippen molar-refractivity contribution in [3.63, 3.8) is 0 Å². The molecule has 94 valence electrons. The van der Waals surface area contributed by atoms with Gasteiger partial charge in [-0.2, -0.15) is 0 Å². The number of carbonyl (C=O) groups excluding carboxylic acids is 1. The summed E-state index contributed by atoms with van der Waals surface area (Å²) in [6.45, 7) is 9.65. The maximum absolute atomic E-state index is 11.3. The summed E-state index contributed by atoms with van der Waals surface area (Å²) in [6, 6.07) is 0.752.